The van der Waals surface area contributed by atoms with E-state index in [4.69, 9.17) is 4.74 Å². The molecule has 3 rings (SSSR count). The molecule has 0 fully saturated rings. The van der Waals surface area contributed by atoms with E-state index in [0.29, 0.717) is 6.04 Å². The molecule has 0 saturated heterocycles. The minimum Gasteiger partial charge on any atom is -0.491 e. The number of nitrogens with zero attached hydrogens (tertiary/aromatic N) is 1. The Balaban J connectivity index is 1.68. The number of anilines is 1. The fourth-order valence-electron chi connectivity index (χ4n) is 2.71. The van der Waals surface area contributed by atoms with Crippen LogP contribution in [-0.4, -0.2) is 17.1 Å². The summed E-state index contributed by atoms with van der Waals surface area (Å²) in [6.45, 7) is 4.06. The van der Waals surface area contributed by atoms with Crippen molar-refractivity contribution in [1.82, 2.24) is 4.98 Å². The van der Waals surface area contributed by atoms with Gasteiger partial charge in [0.25, 0.3) is 0 Å². The fraction of sp³-hybridized carbons (Fsp3) is 0.353. The van der Waals surface area contributed by atoms with Crippen LogP contribution < -0.4 is 10.1 Å². The smallest absolute Gasteiger partial charge is 0.129 e. The highest BCUT2D eigenvalue weighted by atomic mass is 16.5. The summed E-state index contributed by atoms with van der Waals surface area (Å²) in [4.78, 5) is 4.38. The number of hydrogen-bond acceptors (Lipinski definition) is 3. The van der Waals surface area contributed by atoms with Gasteiger partial charge in [0, 0.05) is 18.3 Å². The van der Waals surface area contributed by atoms with Crippen LogP contribution in [0.1, 0.15) is 25.0 Å². The molecule has 1 heterocycles. The number of benzene rings is 1. The van der Waals surface area contributed by atoms with Gasteiger partial charge in [-0.2, -0.15) is 0 Å². The Morgan fingerprint density at radius 2 is 1.85 bits per heavy atom. The van der Waals surface area contributed by atoms with E-state index in [1.807, 2.05) is 26.0 Å². The van der Waals surface area contributed by atoms with E-state index >= 15 is 0 Å². The minimum atomic E-state index is 0.181. The molecule has 0 aliphatic heterocycles. The number of fused-ring (bicyclic) bond motifs is 1. The lowest BCUT2D eigenvalue weighted by Crippen LogP contribution is -2.20. The van der Waals surface area contributed by atoms with Crippen molar-refractivity contribution in [1.29, 1.82) is 0 Å². The zero-order valence-electron chi connectivity index (χ0n) is 12.0. The van der Waals surface area contributed by atoms with E-state index < -0.39 is 0 Å². The van der Waals surface area contributed by atoms with Gasteiger partial charge in [0.1, 0.15) is 11.6 Å². The van der Waals surface area contributed by atoms with E-state index in [1.54, 1.807) is 6.20 Å². The first-order chi connectivity index (χ1) is 9.70. The number of hydrogen-bond donors (Lipinski definition) is 1. The van der Waals surface area contributed by atoms with Crippen LogP contribution in [0.25, 0.3) is 0 Å². The second-order valence-electron chi connectivity index (χ2n) is 5.56. The van der Waals surface area contributed by atoms with Crippen molar-refractivity contribution in [2.45, 2.75) is 38.8 Å². The summed E-state index contributed by atoms with van der Waals surface area (Å²) in [5.74, 6) is 1.76. The van der Waals surface area contributed by atoms with Gasteiger partial charge in [-0.05, 0) is 43.9 Å². The van der Waals surface area contributed by atoms with Gasteiger partial charge in [-0.3, -0.25) is 0 Å². The Kier molecular flexibility index (Phi) is 3.59. The van der Waals surface area contributed by atoms with Crippen molar-refractivity contribution in [2.24, 2.45) is 0 Å². The van der Waals surface area contributed by atoms with Crippen LogP contribution in [0.4, 0.5) is 5.82 Å². The summed E-state index contributed by atoms with van der Waals surface area (Å²) < 4.78 is 5.70. The van der Waals surface area contributed by atoms with Crippen LogP contribution in [-0.2, 0) is 12.8 Å². The van der Waals surface area contributed by atoms with E-state index in [-0.39, 0.29) is 6.10 Å². The lowest BCUT2D eigenvalue weighted by molar-refractivity contribution is 0.242. The molecule has 0 unspecified atom stereocenters. The Bertz CT molecular complexity index is 570. The maximum atomic E-state index is 5.70. The highest BCUT2D eigenvalue weighted by Crippen LogP contribution is 2.25. The zero-order valence-corrected chi connectivity index (χ0v) is 12.0. The molecule has 0 atom stereocenters. The summed E-state index contributed by atoms with van der Waals surface area (Å²) in [6.07, 6.45) is 4.10. The van der Waals surface area contributed by atoms with Gasteiger partial charge in [0.15, 0.2) is 0 Å². The topological polar surface area (TPSA) is 34.1 Å². The molecule has 0 saturated carbocycles. The van der Waals surface area contributed by atoms with Gasteiger partial charge in [-0.1, -0.05) is 24.3 Å². The van der Waals surface area contributed by atoms with Crippen molar-refractivity contribution in [3.63, 3.8) is 0 Å². The monoisotopic (exact) mass is 268 g/mol. The van der Waals surface area contributed by atoms with Gasteiger partial charge in [-0.15, -0.1) is 0 Å². The normalized spacial score (nSPS) is 14.3. The number of ether oxygens (including phenoxy) is 1. The van der Waals surface area contributed by atoms with E-state index in [0.717, 1.165) is 24.4 Å². The number of rotatable bonds is 4. The molecule has 1 N–H and O–H groups in total. The molecule has 1 aromatic heterocycles. The third-order valence-corrected chi connectivity index (χ3v) is 3.51. The molecular formula is C17H20N2O. The van der Waals surface area contributed by atoms with Crippen LogP contribution >= 0.6 is 0 Å². The Labute approximate surface area is 120 Å². The third-order valence-electron chi connectivity index (χ3n) is 3.51. The van der Waals surface area contributed by atoms with Crippen LogP contribution in [0, 0.1) is 0 Å². The summed E-state index contributed by atoms with van der Waals surface area (Å²) in [7, 11) is 0. The highest BCUT2D eigenvalue weighted by molar-refractivity contribution is 5.44. The number of aromatic nitrogens is 1. The first-order valence-corrected chi connectivity index (χ1v) is 7.17. The fourth-order valence-corrected chi connectivity index (χ4v) is 2.71. The molecule has 1 aromatic carbocycles. The van der Waals surface area contributed by atoms with E-state index in [9.17, 15) is 0 Å². The lowest BCUT2D eigenvalue weighted by Gasteiger charge is -2.14. The molecule has 0 spiro atoms. The molecule has 2 aromatic rings. The van der Waals surface area contributed by atoms with Crippen LogP contribution in [0.3, 0.4) is 0 Å². The predicted molar refractivity (Wildman–Crippen MR) is 81.3 cm³/mol. The van der Waals surface area contributed by atoms with Crippen molar-refractivity contribution >= 4 is 5.82 Å². The van der Waals surface area contributed by atoms with Gasteiger partial charge in [0.05, 0.1) is 6.10 Å². The summed E-state index contributed by atoms with van der Waals surface area (Å²) in [5, 5.41) is 3.51. The van der Waals surface area contributed by atoms with Crippen molar-refractivity contribution in [3.05, 3.63) is 53.7 Å². The first kappa shape index (κ1) is 13.0. The van der Waals surface area contributed by atoms with E-state index in [1.165, 1.54) is 11.1 Å². The molecule has 1 aliphatic rings. The molecule has 3 heteroatoms. The maximum Gasteiger partial charge on any atom is 0.129 e. The van der Waals surface area contributed by atoms with Crippen molar-refractivity contribution in [2.75, 3.05) is 5.32 Å². The zero-order chi connectivity index (χ0) is 13.9. The molecule has 3 nitrogen and oxygen atoms in total. The van der Waals surface area contributed by atoms with Crippen LogP contribution in [0.5, 0.6) is 5.75 Å². The van der Waals surface area contributed by atoms with Gasteiger partial charge >= 0.3 is 0 Å². The molecule has 0 bridgehead atoms. The lowest BCUT2D eigenvalue weighted by atomic mass is 10.1. The Morgan fingerprint density at radius 3 is 2.50 bits per heavy atom. The molecule has 104 valence electrons. The SMILES string of the molecule is CC(C)Oc1ccnc(NC2Cc3ccccc3C2)c1. The maximum absolute atomic E-state index is 5.70. The molecule has 1 aliphatic carbocycles. The Morgan fingerprint density at radius 1 is 1.15 bits per heavy atom. The minimum absolute atomic E-state index is 0.181. The molecule has 0 amide bonds. The molecule has 0 radical (unpaired) electrons. The van der Waals surface area contributed by atoms with Gasteiger partial charge in [0.2, 0.25) is 0 Å². The highest BCUT2D eigenvalue weighted by Gasteiger charge is 2.20. The average Bonchev–Trinajstić information content (AvgIpc) is 2.80. The molecule has 20 heavy (non-hydrogen) atoms. The quantitative estimate of drug-likeness (QED) is 0.922. The average molecular weight is 268 g/mol. The number of pyridine rings is 1. The molecular weight excluding hydrogens is 248 g/mol. The third kappa shape index (κ3) is 2.93. The largest absolute Gasteiger partial charge is 0.491 e. The summed E-state index contributed by atoms with van der Waals surface area (Å²) in [5.41, 5.74) is 2.89. The van der Waals surface area contributed by atoms with Gasteiger partial charge < -0.3 is 10.1 Å². The second kappa shape index (κ2) is 5.53. The number of nitrogens with one attached hydrogen (secondary N) is 1. The Hall–Kier alpha value is -2.03. The first-order valence-electron chi connectivity index (χ1n) is 7.17. The van der Waals surface area contributed by atoms with Crippen molar-refractivity contribution < 1.29 is 4.74 Å². The standard InChI is InChI=1S/C17H20N2O/c1-12(2)20-16-7-8-18-17(11-16)19-15-9-13-5-3-4-6-14(13)10-15/h3-8,11-12,15H,9-10H2,1-2H3,(H,18,19). The van der Waals surface area contributed by atoms with Gasteiger partial charge in [-0.25, -0.2) is 4.98 Å². The van der Waals surface area contributed by atoms with Crippen LogP contribution in [0.15, 0.2) is 42.6 Å². The predicted octanol–water partition coefficient (Wildman–Crippen LogP) is 3.45. The van der Waals surface area contributed by atoms with Crippen LogP contribution in [0.2, 0.25) is 0 Å². The summed E-state index contributed by atoms with van der Waals surface area (Å²) in [6, 6.07) is 12.9. The van der Waals surface area contributed by atoms with E-state index in [2.05, 4.69) is 34.6 Å². The second-order valence-corrected chi connectivity index (χ2v) is 5.56. The summed E-state index contributed by atoms with van der Waals surface area (Å²) >= 11 is 0. The van der Waals surface area contributed by atoms with Crippen molar-refractivity contribution in [3.8, 4) is 5.75 Å².